The zero-order chi connectivity index (χ0) is 6.85. The molecule has 0 aromatic rings. The number of aldehydes is 1. The first-order valence-electron chi connectivity index (χ1n) is 3.74. The molecule has 0 aromatic carbocycles. The second-order valence-electron chi connectivity index (χ2n) is 3.09. The zero-order valence-electron chi connectivity index (χ0n) is 6.13. The Labute approximate surface area is 56.4 Å². The Balaban J connectivity index is 2.24. The number of carbonyl (C=O) groups excluding carboxylic acids is 1. The van der Waals surface area contributed by atoms with E-state index in [-0.39, 0.29) is 0 Å². The van der Waals surface area contributed by atoms with Crippen molar-refractivity contribution in [3.63, 3.8) is 0 Å². The molecular weight excluding hydrogens is 112 g/mol. The van der Waals surface area contributed by atoms with Gasteiger partial charge in [-0.05, 0) is 18.3 Å². The summed E-state index contributed by atoms with van der Waals surface area (Å²) in [5.74, 6) is 1.91. The van der Waals surface area contributed by atoms with Gasteiger partial charge in [-0.3, -0.25) is 0 Å². The minimum atomic E-state index is 0.417. The van der Waals surface area contributed by atoms with Crippen molar-refractivity contribution in [1.82, 2.24) is 0 Å². The first-order chi connectivity index (χ1) is 4.29. The molecular formula is C8H14O. The molecule has 0 unspecified atom stereocenters. The van der Waals surface area contributed by atoms with Crippen LogP contribution in [0.5, 0.6) is 0 Å². The standard InChI is InChI=1S/C8H14O/c1-3-6(2)8-4-7(8)5-9/h5-8H,3-4H2,1-2H3/t6-,7+,8+/m0/s1. The van der Waals surface area contributed by atoms with Gasteiger partial charge in [-0.25, -0.2) is 0 Å². The molecule has 3 atom stereocenters. The SMILES string of the molecule is CC[C@H](C)[C@H]1C[C@@H]1C=O. The summed E-state index contributed by atoms with van der Waals surface area (Å²) in [5.41, 5.74) is 0. The number of hydrogen-bond acceptors (Lipinski definition) is 1. The van der Waals surface area contributed by atoms with Gasteiger partial charge in [0, 0.05) is 5.92 Å². The van der Waals surface area contributed by atoms with Gasteiger partial charge >= 0.3 is 0 Å². The molecule has 0 aromatic heterocycles. The second-order valence-corrected chi connectivity index (χ2v) is 3.09. The van der Waals surface area contributed by atoms with Gasteiger partial charge in [-0.15, -0.1) is 0 Å². The highest BCUT2D eigenvalue weighted by molar-refractivity contribution is 5.58. The van der Waals surface area contributed by atoms with Gasteiger partial charge in [0.15, 0.2) is 0 Å². The van der Waals surface area contributed by atoms with E-state index in [1.807, 2.05) is 0 Å². The molecule has 0 amide bonds. The molecule has 52 valence electrons. The molecule has 1 aliphatic rings. The molecule has 1 rings (SSSR count). The molecule has 0 radical (unpaired) electrons. The van der Waals surface area contributed by atoms with Crippen LogP contribution in [0.2, 0.25) is 0 Å². The lowest BCUT2D eigenvalue weighted by atomic mass is 10.0. The molecule has 1 aliphatic carbocycles. The molecule has 1 fully saturated rings. The lowest BCUT2D eigenvalue weighted by Crippen LogP contribution is -1.96. The van der Waals surface area contributed by atoms with E-state index in [1.54, 1.807) is 0 Å². The summed E-state index contributed by atoms with van der Waals surface area (Å²) in [5, 5.41) is 0. The van der Waals surface area contributed by atoms with Crippen molar-refractivity contribution in [1.29, 1.82) is 0 Å². The Bertz CT molecular complexity index is 109. The third-order valence-corrected chi connectivity index (χ3v) is 2.44. The van der Waals surface area contributed by atoms with Crippen molar-refractivity contribution in [2.45, 2.75) is 26.7 Å². The van der Waals surface area contributed by atoms with E-state index in [0.717, 1.165) is 24.5 Å². The Kier molecular flexibility index (Phi) is 1.89. The van der Waals surface area contributed by atoms with E-state index in [1.165, 1.54) is 6.42 Å². The van der Waals surface area contributed by atoms with Gasteiger partial charge in [-0.1, -0.05) is 20.3 Å². The molecule has 9 heavy (non-hydrogen) atoms. The van der Waals surface area contributed by atoms with Crippen LogP contribution in [-0.4, -0.2) is 6.29 Å². The van der Waals surface area contributed by atoms with E-state index in [0.29, 0.717) is 5.92 Å². The largest absolute Gasteiger partial charge is 0.303 e. The number of carbonyl (C=O) groups is 1. The summed E-state index contributed by atoms with van der Waals surface area (Å²) in [6.45, 7) is 4.42. The molecule has 1 heteroatoms. The van der Waals surface area contributed by atoms with Gasteiger partial charge in [0.2, 0.25) is 0 Å². The lowest BCUT2D eigenvalue weighted by Gasteiger charge is -2.03. The van der Waals surface area contributed by atoms with Crippen LogP contribution in [0.3, 0.4) is 0 Å². The molecule has 0 heterocycles. The van der Waals surface area contributed by atoms with E-state index < -0.39 is 0 Å². The average Bonchev–Trinajstić information content (AvgIpc) is 2.64. The van der Waals surface area contributed by atoms with Gasteiger partial charge in [-0.2, -0.15) is 0 Å². The minimum absolute atomic E-state index is 0.417. The third kappa shape index (κ3) is 1.32. The summed E-state index contributed by atoms with van der Waals surface area (Å²) < 4.78 is 0. The number of rotatable bonds is 3. The van der Waals surface area contributed by atoms with E-state index in [4.69, 9.17) is 0 Å². The predicted molar refractivity (Wildman–Crippen MR) is 37.1 cm³/mol. The highest BCUT2D eigenvalue weighted by Gasteiger charge is 2.39. The first kappa shape index (κ1) is 6.79. The quantitative estimate of drug-likeness (QED) is 0.527. The fourth-order valence-corrected chi connectivity index (χ4v) is 1.35. The van der Waals surface area contributed by atoms with Gasteiger partial charge in [0.1, 0.15) is 6.29 Å². The summed E-state index contributed by atoms with van der Waals surface area (Å²) in [6, 6.07) is 0. The van der Waals surface area contributed by atoms with Crippen LogP contribution in [-0.2, 0) is 4.79 Å². The molecule has 0 aliphatic heterocycles. The summed E-state index contributed by atoms with van der Waals surface area (Å²) >= 11 is 0. The van der Waals surface area contributed by atoms with Crippen molar-refractivity contribution < 1.29 is 4.79 Å². The van der Waals surface area contributed by atoms with Crippen molar-refractivity contribution >= 4 is 6.29 Å². The van der Waals surface area contributed by atoms with E-state index >= 15 is 0 Å². The lowest BCUT2D eigenvalue weighted by molar-refractivity contribution is -0.109. The Hall–Kier alpha value is -0.330. The van der Waals surface area contributed by atoms with Crippen LogP contribution in [0, 0.1) is 17.8 Å². The highest BCUT2D eigenvalue weighted by atomic mass is 16.1. The Morgan fingerprint density at radius 1 is 1.78 bits per heavy atom. The maximum Gasteiger partial charge on any atom is 0.123 e. The molecule has 0 N–H and O–H groups in total. The van der Waals surface area contributed by atoms with E-state index in [9.17, 15) is 4.79 Å². The van der Waals surface area contributed by atoms with Gasteiger partial charge in [0.25, 0.3) is 0 Å². The van der Waals surface area contributed by atoms with Crippen LogP contribution in [0.4, 0.5) is 0 Å². The first-order valence-corrected chi connectivity index (χ1v) is 3.74. The summed E-state index contributed by atoms with van der Waals surface area (Å²) in [6.07, 6.45) is 3.48. The maximum absolute atomic E-state index is 10.2. The minimum Gasteiger partial charge on any atom is -0.303 e. The fraction of sp³-hybridized carbons (Fsp3) is 0.875. The van der Waals surface area contributed by atoms with Crippen molar-refractivity contribution in [3.05, 3.63) is 0 Å². The zero-order valence-corrected chi connectivity index (χ0v) is 6.13. The van der Waals surface area contributed by atoms with Crippen molar-refractivity contribution in [2.75, 3.05) is 0 Å². The van der Waals surface area contributed by atoms with Crippen molar-refractivity contribution in [3.8, 4) is 0 Å². The van der Waals surface area contributed by atoms with Crippen LogP contribution >= 0.6 is 0 Å². The normalized spacial score (nSPS) is 35.8. The average molecular weight is 126 g/mol. The van der Waals surface area contributed by atoms with Gasteiger partial charge < -0.3 is 4.79 Å². The molecule has 0 saturated heterocycles. The topological polar surface area (TPSA) is 17.1 Å². The Morgan fingerprint density at radius 3 is 2.78 bits per heavy atom. The molecule has 1 nitrogen and oxygen atoms in total. The van der Waals surface area contributed by atoms with Gasteiger partial charge in [0.05, 0.1) is 0 Å². The van der Waals surface area contributed by atoms with E-state index in [2.05, 4.69) is 13.8 Å². The molecule has 0 bridgehead atoms. The maximum atomic E-state index is 10.2. The smallest absolute Gasteiger partial charge is 0.123 e. The molecule has 1 saturated carbocycles. The highest BCUT2D eigenvalue weighted by Crippen LogP contribution is 2.43. The fourth-order valence-electron chi connectivity index (χ4n) is 1.35. The molecule has 0 spiro atoms. The third-order valence-electron chi connectivity index (χ3n) is 2.44. The summed E-state index contributed by atoms with van der Waals surface area (Å²) in [7, 11) is 0. The van der Waals surface area contributed by atoms with Crippen LogP contribution in [0.15, 0.2) is 0 Å². The van der Waals surface area contributed by atoms with Crippen LogP contribution in [0.25, 0.3) is 0 Å². The van der Waals surface area contributed by atoms with Crippen LogP contribution < -0.4 is 0 Å². The Morgan fingerprint density at radius 2 is 2.44 bits per heavy atom. The summed E-state index contributed by atoms with van der Waals surface area (Å²) in [4.78, 5) is 10.2. The predicted octanol–water partition coefficient (Wildman–Crippen LogP) is 1.87. The number of hydrogen-bond donors (Lipinski definition) is 0. The van der Waals surface area contributed by atoms with Crippen molar-refractivity contribution in [2.24, 2.45) is 17.8 Å². The monoisotopic (exact) mass is 126 g/mol. The van der Waals surface area contributed by atoms with Crippen LogP contribution in [0.1, 0.15) is 26.7 Å². The second kappa shape index (κ2) is 2.51.